The number of rotatable bonds is 7. The number of nitrogens with zero attached hydrogens (tertiary/aromatic N) is 3. The van der Waals surface area contributed by atoms with Crippen LogP contribution in [0.2, 0.25) is 0 Å². The molecule has 0 amide bonds. The number of phenols is 1. The molecule has 68 heavy (non-hydrogen) atoms. The molecule has 0 atom stereocenters. The first-order valence-electron chi connectivity index (χ1n) is 24.8. The molecule has 5 heteroatoms. The van der Waals surface area contributed by atoms with E-state index in [-0.39, 0.29) is 48.5 Å². The predicted octanol–water partition coefficient (Wildman–Crippen LogP) is 17.1. The van der Waals surface area contributed by atoms with Gasteiger partial charge < -0.3 is 5.11 Å². The Labute approximate surface area is 422 Å². The van der Waals surface area contributed by atoms with Crippen LogP contribution in [0, 0.1) is 6.07 Å². The molecule has 9 rings (SSSR count). The fraction of sp³-hybridized carbons (Fsp3) is 0.333. The number of aromatic nitrogens is 3. The maximum atomic E-state index is 12.6. The molecule has 8 aromatic rings. The Hall–Kier alpha value is -5.57. The second-order valence-corrected chi connectivity index (χ2v) is 23.0. The Balaban J connectivity index is 0.00000642. The standard InChI is InChI=1S/C63H68N3O.Pt/c1-60(2,3)47-29-30-55(51(37-47)43-21-14-13-15-22-43)66-56-24-18-23-50(57(56)65-59(66)52-38-49(62(7,8)9)39-53(58(52)67)63(10,11)12)45-33-46(35-48(34-45)61(4,5)6)54-36-44(31-32-64-54)42-27-25-41(26-28-42)40-19-16-17-20-40;/h13-15,18,21-32,34-40,67H,16-17,19-20H2,1-12H3;/q-1;/i40D;. The molecule has 0 aliphatic heterocycles. The molecule has 0 radical (unpaired) electrons. The van der Waals surface area contributed by atoms with Crippen molar-refractivity contribution in [3.63, 3.8) is 0 Å². The van der Waals surface area contributed by atoms with Crippen LogP contribution in [0.4, 0.5) is 0 Å². The maximum absolute atomic E-state index is 12.6. The summed E-state index contributed by atoms with van der Waals surface area (Å²) in [5.74, 6) is 0.449. The van der Waals surface area contributed by atoms with Gasteiger partial charge in [0, 0.05) is 45.5 Å². The Kier molecular flexibility index (Phi) is 12.8. The van der Waals surface area contributed by atoms with Gasteiger partial charge >= 0.3 is 0 Å². The summed E-state index contributed by atoms with van der Waals surface area (Å²) in [5, 5.41) is 12.6. The van der Waals surface area contributed by atoms with Gasteiger partial charge in [0.25, 0.3) is 0 Å². The zero-order valence-electron chi connectivity index (χ0n) is 43.1. The third-order valence-corrected chi connectivity index (χ3v) is 13.8. The topological polar surface area (TPSA) is 50.9 Å². The van der Waals surface area contributed by atoms with Crippen LogP contribution in [-0.2, 0) is 42.7 Å². The van der Waals surface area contributed by atoms with Crippen molar-refractivity contribution >= 4 is 11.0 Å². The molecular formula is C63H68N3OPt-. The van der Waals surface area contributed by atoms with Crippen LogP contribution in [0.5, 0.6) is 5.75 Å². The summed E-state index contributed by atoms with van der Waals surface area (Å²) < 4.78 is 11.3. The van der Waals surface area contributed by atoms with E-state index in [0.717, 1.165) is 104 Å². The first-order valence-corrected chi connectivity index (χ1v) is 24.3. The van der Waals surface area contributed by atoms with Gasteiger partial charge in [-0.15, -0.1) is 29.3 Å². The fourth-order valence-corrected chi connectivity index (χ4v) is 9.63. The molecule has 4 nitrogen and oxygen atoms in total. The quantitative estimate of drug-likeness (QED) is 0.162. The zero-order chi connectivity index (χ0) is 48.6. The Morgan fingerprint density at radius 2 is 1.21 bits per heavy atom. The van der Waals surface area contributed by atoms with Gasteiger partial charge in [0.05, 0.1) is 22.3 Å². The van der Waals surface area contributed by atoms with Crippen LogP contribution in [-0.4, -0.2) is 19.6 Å². The van der Waals surface area contributed by atoms with Gasteiger partial charge in [0.1, 0.15) is 11.6 Å². The summed E-state index contributed by atoms with van der Waals surface area (Å²) >= 11 is 0. The number of imidazole rings is 1. The van der Waals surface area contributed by atoms with Crippen molar-refractivity contribution in [3.8, 4) is 67.5 Å². The minimum Gasteiger partial charge on any atom is -0.507 e. The molecule has 0 spiro atoms. The number of aromatic hydroxyl groups is 1. The average Bonchev–Trinajstić information content (AvgIpc) is 3.92. The molecule has 1 aliphatic carbocycles. The molecule has 0 unspecified atom stereocenters. The molecule has 0 saturated heterocycles. The van der Waals surface area contributed by atoms with Crippen molar-refractivity contribution in [2.24, 2.45) is 0 Å². The average molecular weight is 1080 g/mol. The number of hydrogen-bond acceptors (Lipinski definition) is 3. The predicted molar refractivity (Wildman–Crippen MR) is 283 cm³/mol. The number of fused-ring (bicyclic) bond motifs is 1. The van der Waals surface area contributed by atoms with E-state index < -0.39 is 5.89 Å². The third-order valence-electron chi connectivity index (χ3n) is 13.8. The van der Waals surface area contributed by atoms with Crippen molar-refractivity contribution in [2.45, 2.75) is 136 Å². The van der Waals surface area contributed by atoms with E-state index in [1.165, 1.54) is 11.1 Å². The van der Waals surface area contributed by atoms with Crippen LogP contribution in [0.25, 0.3) is 72.7 Å². The molecule has 1 N–H and O–H groups in total. The Morgan fingerprint density at radius 3 is 1.85 bits per heavy atom. The fourth-order valence-electron chi connectivity index (χ4n) is 9.63. The van der Waals surface area contributed by atoms with Gasteiger partial charge in [-0.05, 0) is 104 Å². The number of pyridine rings is 1. The van der Waals surface area contributed by atoms with Crippen molar-refractivity contribution in [1.82, 2.24) is 14.5 Å². The van der Waals surface area contributed by atoms with Crippen molar-refractivity contribution in [1.29, 1.82) is 0 Å². The monoisotopic (exact) mass is 1080 g/mol. The van der Waals surface area contributed by atoms with Crippen molar-refractivity contribution < 1.29 is 27.5 Å². The summed E-state index contributed by atoms with van der Waals surface area (Å²) in [6, 6.07) is 49.5. The first kappa shape index (κ1) is 47.5. The first-order chi connectivity index (χ1) is 32.0. The van der Waals surface area contributed by atoms with Gasteiger partial charge in [-0.1, -0.05) is 192 Å². The molecular weight excluding hydrogens is 1010 g/mol. The van der Waals surface area contributed by atoms with Crippen molar-refractivity contribution in [2.75, 3.05) is 0 Å². The van der Waals surface area contributed by atoms with Crippen LogP contribution < -0.4 is 0 Å². The van der Waals surface area contributed by atoms with Crippen LogP contribution in [0.15, 0.2) is 134 Å². The molecule has 1 fully saturated rings. The second kappa shape index (κ2) is 18.4. The molecule has 352 valence electrons. The summed E-state index contributed by atoms with van der Waals surface area (Å²) in [6.07, 6.45) is 5.99. The zero-order valence-corrected chi connectivity index (χ0v) is 44.4. The maximum Gasteiger partial charge on any atom is 0.148 e. The number of benzene rings is 6. The van der Waals surface area contributed by atoms with Crippen LogP contribution in [0.3, 0.4) is 0 Å². The van der Waals surface area contributed by atoms with E-state index in [2.05, 4.69) is 221 Å². The van der Waals surface area contributed by atoms with Gasteiger partial charge in [-0.3, -0.25) is 9.55 Å². The van der Waals surface area contributed by atoms with Gasteiger partial charge in [-0.25, -0.2) is 4.98 Å². The SMILES string of the molecule is [2H]C1(c2ccc(-c3ccnc(-c4[c-]c(-c5cccc6c5nc(-c5cc(C(C)(C)C)cc(C(C)(C)C)c5O)n6-c5ccc(C(C)(C)C)cc5-c5ccccc5)cc(C(C)(C)C)c4)c3)cc2)CCCC1.[Pt]. The summed E-state index contributed by atoms with van der Waals surface area (Å²) in [5.41, 5.74) is 16.2. The molecule has 2 aromatic heterocycles. The molecule has 1 aliphatic rings. The molecule has 2 heterocycles. The van der Waals surface area contributed by atoms with Gasteiger partial charge in [0.15, 0.2) is 0 Å². The summed E-state index contributed by atoms with van der Waals surface area (Å²) in [4.78, 5) is 10.7. The normalized spacial score (nSPS) is 14.5. The number of phenolic OH excluding ortho intramolecular Hbond substituents is 1. The van der Waals surface area contributed by atoms with E-state index in [1.54, 1.807) is 0 Å². The minimum absolute atomic E-state index is 0. The van der Waals surface area contributed by atoms with Crippen molar-refractivity contribution in [3.05, 3.63) is 167 Å². The minimum atomic E-state index is -0.479. The van der Waals surface area contributed by atoms with Gasteiger partial charge in [-0.2, -0.15) is 0 Å². The van der Waals surface area contributed by atoms with E-state index in [0.29, 0.717) is 11.4 Å². The molecule has 1 saturated carbocycles. The Bertz CT molecular complexity index is 3170. The molecule has 0 bridgehead atoms. The van der Waals surface area contributed by atoms with Crippen LogP contribution in [0.1, 0.15) is 144 Å². The van der Waals surface area contributed by atoms with E-state index in [4.69, 9.17) is 11.3 Å². The summed E-state index contributed by atoms with van der Waals surface area (Å²) in [6.45, 7) is 26.7. The number of para-hydroxylation sites is 1. The third kappa shape index (κ3) is 9.69. The second-order valence-electron chi connectivity index (χ2n) is 23.0. The largest absolute Gasteiger partial charge is 0.507 e. The van der Waals surface area contributed by atoms with E-state index in [1.807, 2.05) is 6.20 Å². The molecule has 6 aromatic carbocycles. The van der Waals surface area contributed by atoms with Crippen LogP contribution >= 0.6 is 0 Å². The smallest absolute Gasteiger partial charge is 0.148 e. The summed E-state index contributed by atoms with van der Waals surface area (Å²) in [7, 11) is 0. The number of hydrogen-bond donors (Lipinski definition) is 1. The van der Waals surface area contributed by atoms with E-state index >= 15 is 0 Å². The van der Waals surface area contributed by atoms with E-state index in [9.17, 15) is 5.11 Å². The Morgan fingerprint density at radius 1 is 0.574 bits per heavy atom. The van der Waals surface area contributed by atoms with Gasteiger partial charge in [0.2, 0.25) is 0 Å².